The monoisotopic (exact) mass is 464 g/mol. The van der Waals surface area contributed by atoms with E-state index in [2.05, 4.69) is 12.2 Å². The number of rotatable bonds is 6. The molecule has 1 N–H and O–H groups in total. The van der Waals surface area contributed by atoms with Gasteiger partial charge in [-0.1, -0.05) is 6.92 Å². The predicted octanol–water partition coefficient (Wildman–Crippen LogP) is 3.22. The summed E-state index contributed by atoms with van der Waals surface area (Å²) in [5.41, 5.74) is 0.586. The van der Waals surface area contributed by atoms with Crippen molar-refractivity contribution in [2.45, 2.75) is 51.3 Å². The number of likely N-dealkylation sites (tertiary alicyclic amines) is 1. The zero-order chi connectivity index (χ0) is 23.3. The summed E-state index contributed by atoms with van der Waals surface area (Å²) < 4.78 is 27.3. The van der Waals surface area contributed by atoms with Crippen molar-refractivity contribution in [3.63, 3.8) is 0 Å². The van der Waals surface area contributed by atoms with Gasteiger partial charge in [-0.15, -0.1) is 0 Å². The molecule has 0 bridgehead atoms. The number of urea groups is 1. The molecule has 0 spiro atoms. The maximum Gasteiger partial charge on any atom is 0.319 e. The number of sulfonamides is 1. The highest BCUT2D eigenvalue weighted by molar-refractivity contribution is 7.89. The van der Waals surface area contributed by atoms with Gasteiger partial charge in [0.2, 0.25) is 15.9 Å². The smallest absolute Gasteiger partial charge is 0.319 e. The third kappa shape index (κ3) is 5.61. The highest BCUT2D eigenvalue weighted by Gasteiger charge is 2.30. The van der Waals surface area contributed by atoms with Gasteiger partial charge in [-0.2, -0.15) is 4.31 Å². The number of carbonyl (C=O) groups is 2. The van der Waals surface area contributed by atoms with Gasteiger partial charge < -0.3 is 15.1 Å². The molecule has 2 aliphatic rings. The summed E-state index contributed by atoms with van der Waals surface area (Å²) in [7, 11) is -3.50. The Balaban J connectivity index is 1.54. The van der Waals surface area contributed by atoms with E-state index < -0.39 is 10.0 Å². The molecule has 0 unspecified atom stereocenters. The van der Waals surface area contributed by atoms with E-state index in [4.69, 9.17) is 0 Å². The maximum absolute atomic E-state index is 12.9. The Kier molecular flexibility index (Phi) is 8.16. The third-order valence-corrected chi connectivity index (χ3v) is 8.59. The summed E-state index contributed by atoms with van der Waals surface area (Å²) in [6.45, 7) is 9.67. The van der Waals surface area contributed by atoms with E-state index in [0.717, 1.165) is 12.8 Å². The average molecular weight is 465 g/mol. The van der Waals surface area contributed by atoms with Crippen LogP contribution in [0.5, 0.6) is 0 Å². The van der Waals surface area contributed by atoms with Crippen molar-refractivity contribution in [3.05, 3.63) is 24.3 Å². The lowest BCUT2D eigenvalue weighted by Crippen LogP contribution is -2.47. The molecule has 8 nitrogen and oxygen atoms in total. The molecule has 2 aliphatic heterocycles. The van der Waals surface area contributed by atoms with E-state index >= 15 is 0 Å². The average Bonchev–Trinajstić information content (AvgIpc) is 2.80. The number of nitrogens with one attached hydrogen (secondary N) is 1. The van der Waals surface area contributed by atoms with Crippen molar-refractivity contribution < 1.29 is 18.0 Å². The first-order valence-corrected chi connectivity index (χ1v) is 13.1. The summed E-state index contributed by atoms with van der Waals surface area (Å²) in [4.78, 5) is 29.0. The quantitative estimate of drug-likeness (QED) is 0.700. The molecule has 0 saturated carbocycles. The van der Waals surface area contributed by atoms with Crippen LogP contribution in [0.15, 0.2) is 29.2 Å². The number of hydrogen-bond donors (Lipinski definition) is 1. The van der Waals surface area contributed by atoms with E-state index in [1.165, 1.54) is 0 Å². The van der Waals surface area contributed by atoms with Gasteiger partial charge in [0.05, 0.1) is 4.90 Å². The molecule has 32 heavy (non-hydrogen) atoms. The van der Waals surface area contributed by atoms with E-state index in [-0.39, 0.29) is 22.8 Å². The molecule has 1 aromatic rings. The zero-order valence-electron chi connectivity index (χ0n) is 19.4. The fraction of sp³-hybridized carbons (Fsp3) is 0.652. The van der Waals surface area contributed by atoms with Crippen molar-refractivity contribution >= 4 is 27.6 Å². The van der Waals surface area contributed by atoms with Crippen LogP contribution in [-0.2, 0) is 14.8 Å². The Bertz CT molecular complexity index is 883. The minimum absolute atomic E-state index is 0.0359. The number of piperidine rings is 2. The summed E-state index contributed by atoms with van der Waals surface area (Å²) >= 11 is 0. The maximum atomic E-state index is 12.9. The Hall–Kier alpha value is -2.13. The van der Waals surface area contributed by atoms with Crippen LogP contribution >= 0.6 is 0 Å². The van der Waals surface area contributed by atoms with Gasteiger partial charge in [-0.05, 0) is 69.7 Å². The summed E-state index contributed by atoms with van der Waals surface area (Å²) in [5.74, 6) is 0.316. The molecule has 1 aromatic carbocycles. The van der Waals surface area contributed by atoms with Crippen LogP contribution in [0.2, 0.25) is 0 Å². The van der Waals surface area contributed by atoms with Crippen LogP contribution in [0.1, 0.15) is 46.5 Å². The minimum atomic E-state index is -3.50. The number of carbonyl (C=O) groups excluding carboxylic acids is 2. The molecule has 2 heterocycles. The van der Waals surface area contributed by atoms with E-state index in [9.17, 15) is 18.0 Å². The second-order valence-corrected chi connectivity index (χ2v) is 10.8. The second-order valence-electron chi connectivity index (χ2n) is 8.82. The molecule has 0 radical (unpaired) electrons. The molecular weight excluding hydrogens is 428 g/mol. The summed E-state index contributed by atoms with van der Waals surface area (Å²) in [6.07, 6.45) is 3.01. The summed E-state index contributed by atoms with van der Waals surface area (Å²) in [5, 5.41) is 2.90. The molecule has 178 valence electrons. The molecular formula is C23H36N4O4S. The SMILES string of the molecule is CCN(CC)C(=O)N1CCC(C(=O)Nc2ccc(S(=O)(=O)N3CCC(C)CC3)cc2)CC1. The first-order chi connectivity index (χ1) is 15.3. The summed E-state index contributed by atoms with van der Waals surface area (Å²) in [6, 6.07) is 6.46. The number of hydrogen-bond acceptors (Lipinski definition) is 4. The van der Waals surface area contributed by atoms with E-state index in [1.54, 1.807) is 33.5 Å². The Labute approximate surface area is 192 Å². The van der Waals surface area contributed by atoms with E-state index in [1.807, 2.05) is 18.7 Å². The first-order valence-electron chi connectivity index (χ1n) is 11.7. The van der Waals surface area contributed by atoms with Crippen LogP contribution < -0.4 is 5.32 Å². The second kappa shape index (κ2) is 10.7. The van der Waals surface area contributed by atoms with E-state index in [0.29, 0.717) is 63.7 Å². The number of nitrogens with zero attached hydrogens (tertiary/aromatic N) is 3. The van der Waals surface area contributed by atoms with Crippen LogP contribution in [0.25, 0.3) is 0 Å². The fourth-order valence-electron chi connectivity index (χ4n) is 4.36. The Morgan fingerprint density at radius 3 is 2.06 bits per heavy atom. The first kappa shape index (κ1) is 24.5. The lowest BCUT2D eigenvalue weighted by Gasteiger charge is -2.34. The Morgan fingerprint density at radius 2 is 1.53 bits per heavy atom. The molecule has 3 amide bonds. The zero-order valence-corrected chi connectivity index (χ0v) is 20.2. The molecule has 0 atom stereocenters. The lowest BCUT2D eigenvalue weighted by molar-refractivity contribution is -0.121. The molecule has 9 heteroatoms. The molecule has 2 saturated heterocycles. The highest BCUT2D eigenvalue weighted by Crippen LogP contribution is 2.25. The largest absolute Gasteiger partial charge is 0.326 e. The van der Waals surface area contributed by atoms with Crippen molar-refractivity contribution in [1.29, 1.82) is 0 Å². The minimum Gasteiger partial charge on any atom is -0.326 e. The Morgan fingerprint density at radius 1 is 0.969 bits per heavy atom. The van der Waals surface area contributed by atoms with Gasteiger partial charge in [0.1, 0.15) is 0 Å². The molecule has 0 aromatic heterocycles. The highest BCUT2D eigenvalue weighted by atomic mass is 32.2. The van der Waals surface area contributed by atoms with Crippen LogP contribution in [0.3, 0.4) is 0 Å². The normalized spacial score (nSPS) is 19.0. The topological polar surface area (TPSA) is 90.0 Å². The van der Waals surface area contributed by atoms with Crippen molar-refractivity contribution in [1.82, 2.24) is 14.1 Å². The molecule has 0 aliphatic carbocycles. The predicted molar refractivity (Wildman–Crippen MR) is 125 cm³/mol. The van der Waals surface area contributed by atoms with Crippen molar-refractivity contribution in [3.8, 4) is 0 Å². The molecule has 3 rings (SSSR count). The van der Waals surface area contributed by atoms with Gasteiger partial charge in [0.15, 0.2) is 0 Å². The van der Waals surface area contributed by atoms with Gasteiger partial charge in [-0.25, -0.2) is 13.2 Å². The number of benzene rings is 1. The van der Waals surface area contributed by atoms with Gasteiger partial charge in [0, 0.05) is 50.9 Å². The standard InChI is InChI=1S/C23H36N4O4S/c1-4-25(5-2)23(29)26-14-12-19(13-15-26)22(28)24-20-6-8-21(9-7-20)32(30,31)27-16-10-18(3)11-17-27/h6-9,18-19H,4-5,10-17H2,1-3H3,(H,24,28). The van der Waals surface area contributed by atoms with Gasteiger partial charge >= 0.3 is 6.03 Å². The third-order valence-electron chi connectivity index (χ3n) is 6.67. The number of anilines is 1. The fourth-order valence-corrected chi connectivity index (χ4v) is 5.83. The van der Waals surface area contributed by atoms with Crippen LogP contribution in [-0.4, -0.2) is 73.7 Å². The van der Waals surface area contributed by atoms with Crippen molar-refractivity contribution in [2.24, 2.45) is 11.8 Å². The lowest BCUT2D eigenvalue weighted by atomic mass is 9.96. The van der Waals surface area contributed by atoms with Gasteiger partial charge in [0.25, 0.3) is 0 Å². The van der Waals surface area contributed by atoms with Crippen molar-refractivity contribution in [2.75, 3.05) is 44.6 Å². The van der Waals surface area contributed by atoms with Crippen LogP contribution in [0, 0.1) is 11.8 Å². The van der Waals surface area contributed by atoms with Gasteiger partial charge in [-0.3, -0.25) is 4.79 Å². The number of amides is 3. The van der Waals surface area contributed by atoms with Crippen LogP contribution in [0.4, 0.5) is 10.5 Å². The molecule has 2 fully saturated rings.